The van der Waals surface area contributed by atoms with Crippen LogP contribution in [0.1, 0.15) is 33.3 Å². The Labute approximate surface area is 117 Å². The van der Waals surface area contributed by atoms with Gasteiger partial charge < -0.3 is 5.32 Å². The van der Waals surface area contributed by atoms with E-state index in [0.29, 0.717) is 5.92 Å². The Balaban J connectivity index is 2.66. The van der Waals surface area contributed by atoms with Gasteiger partial charge in [-0.25, -0.2) is 0 Å². The predicted molar refractivity (Wildman–Crippen MR) is 82.6 cm³/mol. The summed E-state index contributed by atoms with van der Waals surface area (Å²) < 4.78 is 0. The molecule has 1 aromatic heterocycles. The van der Waals surface area contributed by atoms with Gasteiger partial charge in [0.05, 0.1) is 0 Å². The number of allylic oxidation sites excluding steroid dienone is 4. The molecule has 102 valence electrons. The molecule has 0 saturated carbocycles. The molecule has 0 radical (unpaired) electrons. The minimum absolute atomic E-state index is 0.392. The molecule has 0 aliphatic carbocycles. The van der Waals surface area contributed by atoms with Crippen molar-refractivity contribution in [3.05, 3.63) is 65.7 Å². The van der Waals surface area contributed by atoms with Crippen molar-refractivity contribution in [1.29, 1.82) is 0 Å². The van der Waals surface area contributed by atoms with Crippen LogP contribution in [0.4, 0.5) is 0 Å². The Bertz CT molecular complexity index is 469. The van der Waals surface area contributed by atoms with Crippen LogP contribution in [-0.2, 0) is 6.54 Å². The summed E-state index contributed by atoms with van der Waals surface area (Å²) >= 11 is 0. The smallest absolute Gasteiger partial charge is 0.0415 e. The van der Waals surface area contributed by atoms with Crippen molar-refractivity contribution in [3.63, 3.8) is 0 Å². The van der Waals surface area contributed by atoms with Gasteiger partial charge in [0.2, 0.25) is 0 Å². The lowest BCUT2D eigenvalue weighted by Gasteiger charge is -2.20. The lowest BCUT2D eigenvalue weighted by Crippen LogP contribution is -2.17. The van der Waals surface area contributed by atoms with Crippen LogP contribution in [0.5, 0.6) is 0 Å². The first-order chi connectivity index (χ1) is 9.10. The molecule has 0 amide bonds. The zero-order valence-electron chi connectivity index (χ0n) is 12.4. The third-order valence-electron chi connectivity index (χ3n) is 3.49. The summed E-state index contributed by atoms with van der Waals surface area (Å²) in [7, 11) is 0. The van der Waals surface area contributed by atoms with Gasteiger partial charge in [-0.15, -0.1) is 0 Å². The van der Waals surface area contributed by atoms with Crippen LogP contribution in [0.15, 0.2) is 60.1 Å². The maximum absolute atomic E-state index is 4.15. The first kappa shape index (κ1) is 15.2. The molecule has 1 unspecified atom stereocenters. The van der Waals surface area contributed by atoms with Crippen LogP contribution in [0.2, 0.25) is 0 Å². The Hall–Kier alpha value is -1.83. The van der Waals surface area contributed by atoms with Gasteiger partial charge >= 0.3 is 0 Å². The fourth-order valence-corrected chi connectivity index (χ4v) is 1.99. The monoisotopic (exact) mass is 256 g/mol. The van der Waals surface area contributed by atoms with Gasteiger partial charge in [0.25, 0.3) is 0 Å². The van der Waals surface area contributed by atoms with Crippen molar-refractivity contribution in [2.45, 2.75) is 34.2 Å². The standard InChI is InChI=1S/C17H24N2/c1-6-13(3)14(4)17(7-2)15(5)19-12-16-9-8-10-18-11-16/h6-11,14,19H,5,12H2,1-4H3/b13-6-,17-7-. The van der Waals surface area contributed by atoms with Crippen molar-refractivity contribution in [1.82, 2.24) is 10.3 Å². The van der Waals surface area contributed by atoms with Crippen LogP contribution in [0.25, 0.3) is 0 Å². The summed E-state index contributed by atoms with van der Waals surface area (Å²) in [6.07, 6.45) is 7.95. The number of hydrogen-bond donors (Lipinski definition) is 1. The molecule has 0 fully saturated rings. The van der Waals surface area contributed by atoms with Crippen LogP contribution in [-0.4, -0.2) is 4.98 Å². The van der Waals surface area contributed by atoms with Crippen LogP contribution in [0, 0.1) is 5.92 Å². The van der Waals surface area contributed by atoms with E-state index >= 15 is 0 Å². The molecular formula is C17H24N2. The third kappa shape index (κ3) is 4.40. The molecule has 0 aliphatic heterocycles. The number of hydrogen-bond acceptors (Lipinski definition) is 2. The predicted octanol–water partition coefficient (Wildman–Crippen LogP) is 4.23. The van der Waals surface area contributed by atoms with Crippen molar-refractivity contribution < 1.29 is 0 Å². The Morgan fingerprint density at radius 3 is 2.68 bits per heavy atom. The molecule has 2 heteroatoms. The second kappa shape index (κ2) is 7.57. The van der Waals surface area contributed by atoms with E-state index in [4.69, 9.17) is 0 Å². The minimum Gasteiger partial charge on any atom is -0.381 e. The van der Waals surface area contributed by atoms with Crippen molar-refractivity contribution >= 4 is 0 Å². The molecule has 1 rings (SSSR count). The number of rotatable bonds is 6. The van der Waals surface area contributed by atoms with Crippen LogP contribution in [0.3, 0.4) is 0 Å². The highest BCUT2D eigenvalue weighted by Crippen LogP contribution is 2.23. The average Bonchev–Trinajstić information content (AvgIpc) is 2.45. The molecule has 1 atom stereocenters. The highest BCUT2D eigenvalue weighted by atomic mass is 14.9. The fraction of sp³-hybridized carbons (Fsp3) is 0.353. The van der Waals surface area contributed by atoms with Crippen molar-refractivity contribution in [2.75, 3.05) is 0 Å². The Morgan fingerprint density at radius 2 is 2.16 bits per heavy atom. The van der Waals surface area contributed by atoms with Crippen molar-refractivity contribution in [2.24, 2.45) is 5.92 Å². The zero-order valence-corrected chi connectivity index (χ0v) is 12.4. The van der Waals surface area contributed by atoms with Gasteiger partial charge in [0.15, 0.2) is 0 Å². The summed E-state index contributed by atoms with van der Waals surface area (Å²) in [5, 5.41) is 3.38. The van der Waals surface area contributed by atoms with E-state index in [1.165, 1.54) is 11.1 Å². The first-order valence-corrected chi connectivity index (χ1v) is 6.71. The summed E-state index contributed by atoms with van der Waals surface area (Å²) in [5.74, 6) is 0.392. The normalized spacial score (nSPS) is 14.1. The van der Waals surface area contributed by atoms with E-state index in [-0.39, 0.29) is 0 Å². The van der Waals surface area contributed by atoms with Gasteiger partial charge in [-0.3, -0.25) is 4.98 Å². The van der Waals surface area contributed by atoms with Gasteiger partial charge in [-0.1, -0.05) is 37.3 Å². The highest BCUT2D eigenvalue weighted by molar-refractivity contribution is 5.34. The fourth-order valence-electron chi connectivity index (χ4n) is 1.99. The molecule has 0 spiro atoms. The number of nitrogens with one attached hydrogen (secondary N) is 1. The molecule has 19 heavy (non-hydrogen) atoms. The topological polar surface area (TPSA) is 24.9 Å². The lowest BCUT2D eigenvalue weighted by molar-refractivity contribution is 0.740. The summed E-state index contributed by atoms with van der Waals surface area (Å²) in [4.78, 5) is 4.11. The van der Waals surface area contributed by atoms with E-state index in [1.807, 2.05) is 12.3 Å². The maximum atomic E-state index is 4.15. The molecule has 0 bridgehead atoms. The highest BCUT2D eigenvalue weighted by Gasteiger charge is 2.12. The van der Waals surface area contributed by atoms with E-state index < -0.39 is 0 Å². The van der Waals surface area contributed by atoms with Crippen molar-refractivity contribution in [3.8, 4) is 0 Å². The zero-order chi connectivity index (χ0) is 14.3. The molecule has 1 aromatic rings. The maximum Gasteiger partial charge on any atom is 0.0415 e. The summed E-state index contributed by atoms with van der Waals surface area (Å²) in [6.45, 7) is 13.4. The van der Waals surface area contributed by atoms with Crippen LogP contribution >= 0.6 is 0 Å². The average molecular weight is 256 g/mol. The summed E-state index contributed by atoms with van der Waals surface area (Å²) in [6, 6.07) is 4.01. The van der Waals surface area contributed by atoms with E-state index in [2.05, 4.69) is 62.8 Å². The number of aromatic nitrogens is 1. The quantitative estimate of drug-likeness (QED) is 0.608. The molecule has 0 aliphatic rings. The van der Waals surface area contributed by atoms with Gasteiger partial charge in [-0.2, -0.15) is 0 Å². The Morgan fingerprint density at radius 1 is 1.42 bits per heavy atom. The number of nitrogens with zero attached hydrogens (tertiary/aromatic N) is 1. The lowest BCUT2D eigenvalue weighted by atomic mass is 9.91. The minimum atomic E-state index is 0.392. The van der Waals surface area contributed by atoms with Gasteiger partial charge in [0, 0.05) is 30.6 Å². The molecule has 0 saturated heterocycles. The van der Waals surface area contributed by atoms with Gasteiger partial charge in [-0.05, 0) is 38.0 Å². The second-order valence-electron chi connectivity index (χ2n) is 4.69. The molecule has 1 N–H and O–H groups in total. The van der Waals surface area contributed by atoms with E-state index in [1.54, 1.807) is 6.20 Å². The number of pyridine rings is 1. The molecule has 0 aromatic carbocycles. The van der Waals surface area contributed by atoms with Crippen LogP contribution < -0.4 is 5.32 Å². The summed E-state index contributed by atoms with van der Waals surface area (Å²) in [5.41, 5.74) is 4.76. The second-order valence-corrected chi connectivity index (χ2v) is 4.69. The largest absolute Gasteiger partial charge is 0.381 e. The van der Waals surface area contributed by atoms with Gasteiger partial charge in [0.1, 0.15) is 0 Å². The molecule has 1 heterocycles. The molecule has 2 nitrogen and oxygen atoms in total. The SMILES string of the molecule is C=C(NCc1cccnc1)/C(=C\C)C(C)/C(C)=C\C. The van der Waals surface area contributed by atoms with E-state index in [9.17, 15) is 0 Å². The Kier molecular flexibility index (Phi) is 6.07. The van der Waals surface area contributed by atoms with E-state index in [0.717, 1.165) is 17.8 Å². The first-order valence-electron chi connectivity index (χ1n) is 6.71. The third-order valence-corrected chi connectivity index (χ3v) is 3.49. The molecular weight excluding hydrogens is 232 g/mol.